The molecule has 1 amide bonds. The van der Waals surface area contributed by atoms with Gasteiger partial charge >= 0.3 is 0 Å². The second-order valence-electron chi connectivity index (χ2n) is 3.71. The molecule has 0 fully saturated rings. The van der Waals surface area contributed by atoms with Crippen LogP contribution in [0.1, 0.15) is 19.8 Å². The summed E-state index contributed by atoms with van der Waals surface area (Å²) in [6, 6.07) is 0. The number of carbonyl (C=O) groups excluding carboxylic acids is 1. The van der Waals surface area contributed by atoms with E-state index < -0.39 is 0 Å². The molecule has 0 spiro atoms. The van der Waals surface area contributed by atoms with Crippen LogP contribution in [-0.4, -0.2) is 50.8 Å². The summed E-state index contributed by atoms with van der Waals surface area (Å²) >= 11 is 1.85. The Balaban J connectivity index is 3.24. The van der Waals surface area contributed by atoms with E-state index in [9.17, 15) is 4.79 Å². The number of rotatable bonds is 10. The number of amides is 1. The predicted molar refractivity (Wildman–Crippen MR) is 70.0 cm³/mol. The molecule has 0 bridgehead atoms. The van der Waals surface area contributed by atoms with Crippen LogP contribution in [-0.2, 0) is 9.53 Å². The Kier molecular flexibility index (Phi) is 11.0. The summed E-state index contributed by atoms with van der Waals surface area (Å²) in [5.74, 6) is 0.0629. The second-order valence-corrected chi connectivity index (χ2v) is 4.98. The van der Waals surface area contributed by atoms with Gasteiger partial charge < -0.3 is 15.4 Å². The third kappa shape index (κ3) is 10.3. The van der Waals surface area contributed by atoms with Crippen molar-refractivity contribution in [3.05, 3.63) is 0 Å². The fourth-order valence-corrected chi connectivity index (χ4v) is 1.49. The maximum atomic E-state index is 11.3. The molecule has 0 aliphatic heterocycles. The van der Waals surface area contributed by atoms with Crippen molar-refractivity contribution < 1.29 is 9.53 Å². The molecule has 0 radical (unpaired) electrons. The standard InChI is InChI=1S/C11H24N2O2S/c1-10(16-3)5-7-12-9-11(14)13-6-4-8-15-2/h10,12H,4-9H2,1-3H3,(H,13,14). The van der Waals surface area contributed by atoms with Gasteiger partial charge in [-0.25, -0.2) is 0 Å². The highest BCUT2D eigenvalue weighted by molar-refractivity contribution is 7.99. The minimum atomic E-state index is 0.0629. The Morgan fingerprint density at radius 1 is 1.44 bits per heavy atom. The second kappa shape index (κ2) is 11.2. The molecule has 1 unspecified atom stereocenters. The first kappa shape index (κ1) is 15.7. The molecule has 0 rings (SSSR count). The molecule has 1 atom stereocenters. The number of ether oxygens (including phenoxy) is 1. The SMILES string of the molecule is COCCCNC(=O)CNCCC(C)SC. The molecule has 2 N–H and O–H groups in total. The number of methoxy groups -OCH3 is 1. The maximum Gasteiger partial charge on any atom is 0.233 e. The van der Waals surface area contributed by atoms with Crippen LogP contribution in [0.15, 0.2) is 0 Å². The lowest BCUT2D eigenvalue weighted by molar-refractivity contribution is -0.120. The van der Waals surface area contributed by atoms with Gasteiger partial charge in [0.15, 0.2) is 0 Å². The quantitative estimate of drug-likeness (QED) is 0.563. The van der Waals surface area contributed by atoms with Crippen LogP contribution in [0.4, 0.5) is 0 Å². The van der Waals surface area contributed by atoms with E-state index in [0.717, 1.165) is 19.4 Å². The summed E-state index contributed by atoms with van der Waals surface area (Å²) in [4.78, 5) is 11.3. The van der Waals surface area contributed by atoms with Crippen LogP contribution in [0.3, 0.4) is 0 Å². The number of carbonyl (C=O) groups is 1. The fraction of sp³-hybridized carbons (Fsp3) is 0.909. The van der Waals surface area contributed by atoms with E-state index in [0.29, 0.717) is 24.9 Å². The molecule has 0 heterocycles. The number of hydrogen-bond donors (Lipinski definition) is 2. The van der Waals surface area contributed by atoms with Crippen molar-refractivity contribution in [3.8, 4) is 0 Å². The molecule has 0 aliphatic carbocycles. The average Bonchev–Trinajstić information content (AvgIpc) is 2.30. The summed E-state index contributed by atoms with van der Waals surface area (Å²) in [6.07, 6.45) is 4.07. The van der Waals surface area contributed by atoms with Crippen LogP contribution in [0.5, 0.6) is 0 Å². The van der Waals surface area contributed by atoms with Gasteiger partial charge in [0.2, 0.25) is 5.91 Å². The van der Waals surface area contributed by atoms with Gasteiger partial charge in [-0.3, -0.25) is 4.79 Å². The van der Waals surface area contributed by atoms with Gasteiger partial charge in [0.05, 0.1) is 6.54 Å². The van der Waals surface area contributed by atoms with E-state index in [4.69, 9.17) is 4.74 Å². The largest absolute Gasteiger partial charge is 0.385 e. The van der Waals surface area contributed by atoms with Crippen molar-refractivity contribution in [2.45, 2.75) is 25.0 Å². The Bertz CT molecular complexity index is 179. The third-order valence-electron chi connectivity index (χ3n) is 2.26. The lowest BCUT2D eigenvalue weighted by atomic mass is 10.3. The van der Waals surface area contributed by atoms with Crippen LogP contribution in [0, 0.1) is 0 Å². The molecular weight excluding hydrogens is 224 g/mol. The predicted octanol–water partition coefficient (Wildman–Crippen LogP) is 0.870. The number of thioether (sulfide) groups is 1. The number of nitrogens with one attached hydrogen (secondary N) is 2. The Labute approximate surface area is 103 Å². The first-order chi connectivity index (χ1) is 7.70. The van der Waals surface area contributed by atoms with Gasteiger partial charge in [0.25, 0.3) is 0 Å². The first-order valence-electron chi connectivity index (χ1n) is 5.69. The van der Waals surface area contributed by atoms with Crippen molar-refractivity contribution in [2.75, 3.05) is 39.6 Å². The topological polar surface area (TPSA) is 50.4 Å². The molecule has 0 aliphatic rings. The van der Waals surface area contributed by atoms with Crippen LogP contribution in [0.2, 0.25) is 0 Å². The molecule has 0 aromatic rings. The normalized spacial score (nSPS) is 12.4. The minimum Gasteiger partial charge on any atom is -0.385 e. The van der Waals surface area contributed by atoms with Gasteiger partial charge in [-0.1, -0.05) is 6.92 Å². The van der Waals surface area contributed by atoms with E-state index in [-0.39, 0.29) is 5.91 Å². The van der Waals surface area contributed by atoms with Crippen molar-refractivity contribution in [1.82, 2.24) is 10.6 Å². The van der Waals surface area contributed by atoms with Crippen LogP contribution in [0.25, 0.3) is 0 Å². The van der Waals surface area contributed by atoms with Crippen LogP contribution < -0.4 is 10.6 Å². The van der Waals surface area contributed by atoms with Crippen molar-refractivity contribution >= 4 is 17.7 Å². The van der Waals surface area contributed by atoms with E-state index in [1.165, 1.54) is 0 Å². The molecule has 5 heteroatoms. The fourth-order valence-electron chi connectivity index (χ4n) is 1.13. The van der Waals surface area contributed by atoms with Crippen molar-refractivity contribution in [1.29, 1.82) is 0 Å². The molecule has 0 saturated heterocycles. The first-order valence-corrected chi connectivity index (χ1v) is 6.98. The average molecular weight is 248 g/mol. The lowest BCUT2D eigenvalue weighted by Crippen LogP contribution is -2.35. The monoisotopic (exact) mass is 248 g/mol. The zero-order valence-electron chi connectivity index (χ0n) is 10.5. The molecule has 96 valence electrons. The maximum absolute atomic E-state index is 11.3. The van der Waals surface area contributed by atoms with Gasteiger partial charge in [-0.05, 0) is 25.6 Å². The van der Waals surface area contributed by atoms with Gasteiger partial charge in [0.1, 0.15) is 0 Å². The highest BCUT2D eigenvalue weighted by atomic mass is 32.2. The van der Waals surface area contributed by atoms with E-state index in [1.807, 2.05) is 11.8 Å². The zero-order chi connectivity index (χ0) is 12.2. The minimum absolute atomic E-state index is 0.0629. The van der Waals surface area contributed by atoms with Gasteiger partial charge in [-0.2, -0.15) is 11.8 Å². The Hall–Kier alpha value is -0.260. The Morgan fingerprint density at radius 3 is 2.81 bits per heavy atom. The molecule has 16 heavy (non-hydrogen) atoms. The van der Waals surface area contributed by atoms with Crippen LogP contribution >= 0.6 is 11.8 Å². The molecular formula is C11H24N2O2S. The van der Waals surface area contributed by atoms with E-state index in [2.05, 4.69) is 23.8 Å². The summed E-state index contributed by atoms with van der Waals surface area (Å²) < 4.78 is 4.89. The van der Waals surface area contributed by atoms with Gasteiger partial charge in [-0.15, -0.1) is 0 Å². The lowest BCUT2D eigenvalue weighted by Gasteiger charge is -2.09. The molecule has 4 nitrogen and oxygen atoms in total. The smallest absolute Gasteiger partial charge is 0.233 e. The third-order valence-corrected chi connectivity index (χ3v) is 3.30. The summed E-state index contributed by atoms with van der Waals surface area (Å²) in [5, 5.41) is 6.62. The molecule has 0 saturated carbocycles. The Morgan fingerprint density at radius 2 is 2.19 bits per heavy atom. The zero-order valence-corrected chi connectivity index (χ0v) is 11.4. The van der Waals surface area contributed by atoms with Crippen molar-refractivity contribution in [2.24, 2.45) is 0 Å². The van der Waals surface area contributed by atoms with Crippen molar-refractivity contribution in [3.63, 3.8) is 0 Å². The highest BCUT2D eigenvalue weighted by Gasteiger charge is 2.01. The number of hydrogen-bond acceptors (Lipinski definition) is 4. The summed E-state index contributed by atoms with van der Waals surface area (Å²) in [5.41, 5.74) is 0. The highest BCUT2D eigenvalue weighted by Crippen LogP contribution is 2.07. The van der Waals surface area contributed by atoms with E-state index in [1.54, 1.807) is 7.11 Å². The van der Waals surface area contributed by atoms with Gasteiger partial charge in [0, 0.05) is 25.5 Å². The summed E-state index contributed by atoms with van der Waals surface area (Å²) in [7, 11) is 1.66. The van der Waals surface area contributed by atoms with E-state index >= 15 is 0 Å². The molecule has 0 aromatic carbocycles. The summed E-state index contributed by atoms with van der Waals surface area (Å²) in [6.45, 7) is 4.88. The molecule has 0 aromatic heterocycles.